The number of Topliss-reactive ketones (excluding diaryl/α,β-unsaturated/α-hetero) is 1. The van der Waals surface area contributed by atoms with Crippen molar-refractivity contribution in [2.45, 2.75) is 20.3 Å². The number of benzene rings is 1. The molecule has 0 aliphatic rings. The molecule has 1 aromatic heterocycles. The quantitative estimate of drug-likeness (QED) is 0.581. The Hall–Kier alpha value is -2.69. The molecule has 0 unspecified atom stereocenters. The second-order valence-corrected chi connectivity index (χ2v) is 5.02. The Labute approximate surface area is 135 Å². The van der Waals surface area contributed by atoms with Gasteiger partial charge in [-0.2, -0.15) is 0 Å². The van der Waals surface area contributed by atoms with E-state index in [-0.39, 0.29) is 12.4 Å². The first kappa shape index (κ1) is 16.7. The van der Waals surface area contributed by atoms with Crippen molar-refractivity contribution < 1.29 is 19.1 Å². The van der Waals surface area contributed by atoms with Gasteiger partial charge in [0.25, 0.3) is 0 Å². The highest BCUT2D eigenvalue weighted by molar-refractivity contribution is 5.97. The molecular weight excluding hydrogens is 294 g/mol. The summed E-state index contributed by atoms with van der Waals surface area (Å²) >= 11 is 0. The normalized spacial score (nSPS) is 10.2. The first-order valence-corrected chi connectivity index (χ1v) is 7.41. The van der Waals surface area contributed by atoms with Crippen LogP contribution in [0.15, 0.2) is 42.7 Å². The molecule has 0 saturated carbocycles. The first-order valence-electron chi connectivity index (χ1n) is 7.41. The number of carbonyl (C=O) groups excluding carboxylic acids is 2. The number of nitrogens with zero attached hydrogens (tertiary/aromatic N) is 1. The van der Waals surface area contributed by atoms with Gasteiger partial charge in [0, 0.05) is 12.4 Å². The van der Waals surface area contributed by atoms with E-state index in [1.807, 2.05) is 18.2 Å². The highest BCUT2D eigenvalue weighted by atomic mass is 16.6. The number of pyridine rings is 1. The largest absolute Gasteiger partial charge is 0.481 e. The van der Waals surface area contributed by atoms with Crippen molar-refractivity contribution in [2.75, 3.05) is 13.2 Å². The van der Waals surface area contributed by atoms with Gasteiger partial charge in [0.05, 0.1) is 12.2 Å². The molecule has 1 heterocycles. The van der Waals surface area contributed by atoms with Crippen molar-refractivity contribution in [2.24, 2.45) is 0 Å². The molecule has 5 heteroatoms. The van der Waals surface area contributed by atoms with E-state index in [2.05, 4.69) is 4.98 Å². The lowest BCUT2D eigenvalue weighted by Gasteiger charge is -2.11. The number of ketones is 1. The Morgan fingerprint density at radius 1 is 1.17 bits per heavy atom. The van der Waals surface area contributed by atoms with Gasteiger partial charge in [-0.15, -0.1) is 0 Å². The number of rotatable bonds is 7. The zero-order chi connectivity index (χ0) is 16.7. The van der Waals surface area contributed by atoms with Gasteiger partial charge in [-0.1, -0.05) is 12.1 Å². The summed E-state index contributed by atoms with van der Waals surface area (Å²) in [4.78, 5) is 27.3. The lowest BCUT2D eigenvalue weighted by atomic mass is 10.0. The van der Waals surface area contributed by atoms with Crippen LogP contribution in [-0.2, 0) is 16.0 Å². The molecule has 0 bridgehead atoms. The number of carbonyl (C=O) groups is 2. The first-order chi connectivity index (χ1) is 11.1. The molecule has 5 nitrogen and oxygen atoms in total. The molecule has 120 valence electrons. The fourth-order valence-electron chi connectivity index (χ4n) is 2.17. The third-order valence-corrected chi connectivity index (χ3v) is 3.21. The average Bonchev–Trinajstić information content (AvgIpc) is 2.54. The smallest absolute Gasteiger partial charge is 0.344 e. The van der Waals surface area contributed by atoms with Gasteiger partial charge in [-0.05, 0) is 49.6 Å². The molecule has 2 rings (SSSR count). The van der Waals surface area contributed by atoms with E-state index in [1.54, 1.807) is 31.5 Å². The third-order valence-electron chi connectivity index (χ3n) is 3.21. The lowest BCUT2D eigenvalue weighted by molar-refractivity contribution is -0.145. The van der Waals surface area contributed by atoms with Crippen molar-refractivity contribution in [1.29, 1.82) is 0 Å². The van der Waals surface area contributed by atoms with E-state index in [1.165, 1.54) is 6.92 Å². The molecule has 0 aliphatic carbocycles. The van der Waals surface area contributed by atoms with Crippen LogP contribution in [0.25, 0.3) is 0 Å². The fraction of sp³-hybridized carbons (Fsp3) is 0.278. The number of hydrogen-bond acceptors (Lipinski definition) is 5. The number of ether oxygens (including phenoxy) is 2. The van der Waals surface area contributed by atoms with Crippen LogP contribution < -0.4 is 4.74 Å². The van der Waals surface area contributed by atoms with Crippen LogP contribution in [0.3, 0.4) is 0 Å². The Kier molecular flexibility index (Phi) is 5.86. The molecule has 0 saturated heterocycles. The SMILES string of the molecule is CCOC(=O)COc1ccc(Cc2cccnc2)cc1C(C)=O. The van der Waals surface area contributed by atoms with Crippen LogP contribution in [0.5, 0.6) is 5.75 Å². The molecule has 2 aromatic rings. The molecule has 0 fully saturated rings. The van der Waals surface area contributed by atoms with Crippen LogP contribution in [0.1, 0.15) is 35.3 Å². The summed E-state index contributed by atoms with van der Waals surface area (Å²) < 4.78 is 10.2. The summed E-state index contributed by atoms with van der Waals surface area (Å²) in [7, 11) is 0. The monoisotopic (exact) mass is 313 g/mol. The molecule has 0 radical (unpaired) electrons. The average molecular weight is 313 g/mol. The van der Waals surface area contributed by atoms with E-state index in [9.17, 15) is 9.59 Å². The lowest BCUT2D eigenvalue weighted by Crippen LogP contribution is -2.15. The van der Waals surface area contributed by atoms with Gasteiger partial charge < -0.3 is 9.47 Å². The summed E-state index contributed by atoms with van der Waals surface area (Å²) in [5.41, 5.74) is 2.49. The molecular formula is C18H19NO4. The van der Waals surface area contributed by atoms with E-state index < -0.39 is 5.97 Å². The zero-order valence-corrected chi connectivity index (χ0v) is 13.2. The minimum Gasteiger partial charge on any atom is -0.481 e. The molecule has 1 aromatic carbocycles. The summed E-state index contributed by atoms with van der Waals surface area (Å²) in [6.45, 7) is 3.29. The van der Waals surface area contributed by atoms with Crippen LogP contribution in [0, 0.1) is 0 Å². The Bertz CT molecular complexity index is 683. The van der Waals surface area contributed by atoms with Gasteiger partial charge in [-0.25, -0.2) is 4.79 Å². The Morgan fingerprint density at radius 2 is 2.00 bits per heavy atom. The predicted octanol–water partition coefficient (Wildman–Crippen LogP) is 2.82. The second-order valence-electron chi connectivity index (χ2n) is 5.02. The highest BCUT2D eigenvalue weighted by Crippen LogP contribution is 2.22. The topological polar surface area (TPSA) is 65.5 Å². The van der Waals surface area contributed by atoms with Crippen molar-refractivity contribution in [3.63, 3.8) is 0 Å². The van der Waals surface area contributed by atoms with Crippen molar-refractivity contribution in [3.05, 3.63) is 59.4 Å². The van der Waals surface area contributed by atoms with Crippen LogP contribution >= 0.6 is 0 Å². The summed E-state index contributed by atoms with van der Waals surface area (Å²) in [6.07, 6.45) is 4.18. The highest BCUT2D eigenvalue weighted by Gasteiger charge is 2.12. The molecule has 0 N–H and O–H groups in total. The molecule has 0 aliphatic heterocycles. The van der Waals surface area contributed by atoms with Crippen molar-refractivity contribution in [3.8, 4) is 5.75 Å². The van der Waals surface area contributed by atoms with Crippen LogP contribution in [0.2, 0.25) is 0 Å². The number of aromatic nitrogens is 1. The van der Waals surface area contributed by atoms with E-state index in [0.717, 1.165) is 11.1 Å². The van der Waals surface area contributed by atoms with E-state index in [4.69, 9.17) is 9.47 Å². The van der Waals surface area contributed by atoms with Crippen molar-refractivity contribution >= 4 is 11.8 Å². The van der Waals surface area contributed by atoms with Gasteiger partial charge in [-0.3, -0.25) is 9.78 Å². The maximum absolute atomic E-state index is 11.8. The van der Waals surface area contributed by atoms with Gasteiger partial charge in [0.2, 0.25) is 0 Å². The summed E-state index contributed by atoms with van der Waals surface area (Å²) in [5.74, 6) is -0.182. The standard InChI is InChI=1S/C18H19NO4/c1-3-22-18(21)12-23-17-7-6-14(10-16(17)13(2)20)9-15-5-4-8-19-11-15/h4-8,10-11H,3,9,12H2,1-2H3. The minimum absolute atomic E-state index is 0.114. The Morgan fingerprint density at radius 3 is 2.65 bits per heavy atom. The van der Waals surface area contributed by atoms with Gasteiger partial charge in [0.1, 0.15) is 5.75 Å². The van der Waals surface area contributed by atoms with Crippen LogP contribution in [-0.4, -0.2) is 30.0 Å². The minimum atomic E-state index is -0.457. The molecule has 0 atom stereocenters. The number of hydrogen-bond donors (Lipinski definition) is 0. The van der Waals surface area contributed by atoms with Crippen LogP contribution in [0.4, 0.5) is 0 Å². The maximum atomic E-state index is 11.8. The van der Waals surface area contributed by atoms with E-state index in [0.29, 0.717) is 24.3 Å². The number of esters is 1. The fourth-order valence-corrected chi connectivity index (χ4v) is 2.17. The summed E-state index contributed by atoms with van der Waals surface area (Å²) in [6, 6.07) is 9.22. The molecule has 0 spiro atoms. The van der Waals surface area contributed by atoms with E-state index >= 15 is 0 Å². The third kappa shape index (κ3) is 4.92. The Balaban J connectivity index is 2.14. The van der Waals surface area contributed by atoms with Crippen molar-refractivity contribution in [1.82, 2.24) is 4.98 Å². The zero-order valence-electron chi connectivity index (χ0n) is 13.2. The predicted molar refractivity (Wildman–Crippen MR) is 85.6 cm³/mol. The maximum Gasteiger partial charge on any atom is 0.344 e. The summed E-state index contributed by atoms with van der Waals surface area (Å²) in [5, 5.41) is 0. The van der Waals surface area contributed by atoms with Gasteiger partial charge in [0.15, 0.2) is 12.4 Å². The second kappa shape index (κ2) is 8.08. The van der Waals surface area contributed by atoms with Gasteiger partial charge >= 0.3 is 5.97 Å². The molecule has 0 amide bonds. The molecule has 23 heavy (non-hydrogen) atoms.